The molecule has 0 saturated heterocycles. The van der Waals surface area contributed by atoms with Gasteiger partial charge in [-0.15, -0.1) is 0 Å². The fourth-order valence-electron chi connectivity index (χ4n) is 2.74. The zero-order valence-corrected chi connectivity index (χ0v) is 15.1. The van der Waals surface area contributed by atoms with Gasteiger partial charge >= 0.3 is 0 Å². The topological polar surface area (TPSA) is 67.0 Å². The lowest BCUT2D eigenvalue weighted by atomic mass is 10.2. The fourth-order valence-corrected chi connectivity index (χ4v) is 2.74. The molecule has 3 aromatic rings. The van der Waals surface area contributed by atoms with E-state index in [0.717, 1.165) is 16.8 Å². The van der Waals surface area contributed by atoms with Crippen LogP contribution in [0.4, 0.5) is 11.6 Å². The number of aromatic amines is 1. The molecule has 0 amide bonds. The summed E-state index contributed by atoms with van der Waals surface area (Å²) in [7, 11) is 0. The molecule has 5 heteroatoms. The van der Waals surface area contributed by atoms with Gasteiger partial charge in [0.15, 0.2) is 0 Å². The highest BCUT2D eigenvalue weighted by atomic mass is 16.5. The van der Waals surface area contributed by atoms with Crippen LogP contribution in [-0.2, 0) is 17.8 Å². The Morgan fingerprint density at radius 1 is 1.04 bits per heavy atom. The lowest BCUT2D eigenvalue weighted by Crippen LogP contribution is -2.20. The number of benzene rings is 2. The molecule has 0 radical (unpaired) electrons. The number of H-pyrrole nitrogens is 1. The van der Waals surface area contributed by atoms with E-state index in [1.807, 2.05) is 68.4 Å². The highest BCUT2D eigenvalue weighted by Crippen LogP contribution is 2.17. The molecular formula is C21H23N3O2. The van der Waals surface area contributed by atoms with E-state index in [9.17, 15) is 4.79 Å². The minimum atomic E-state index is -0.128. The lowest BCUT2D eigenvalue weighted by molar-refractivity contribution is 0.123. The average molecular weight is 349 g/mol. The number of ether oxygens (including phenoxy) is 1. The Balaban J connectivity index is 1.62. The molecule has 0 unspecified atom stereocenters. The third-order valence-corrected chi connectivity index (χ3v) is 4.23. The SMILES string of the molecule is Cc1ccccc1Nc1nc(C)c(CCOCc2ccccc2)c(=O)[nH]1. The van der Waals surface area contributed by atoms with Crippen molar-refractivity contribution in [2.24, 2.45) is 0 Å². The predicted octanol–water partition coefficient (Wildman–Crippen LogP) is 3.89. The van der Waals surface area contributed by atoms with Crippen LogP contribution in [0.2, 0.25) is 0 Å². The molecule has 3 rings (SSSR count). The monoisotopic (exact) mass is 349 g/mol. The molecule has 1 aromatic heterocycles. The van der Waals surface area contributed by atoms with E-state index < -0.39 is 0 Å². The van der Waals surface area contributed by atoms with E-state index in [4.69, 9.17) is 4.74 Å². The van der Waals surface area contributed by atoms with Crippen LogP contribution in [0.1, 0.15) is 22.4 Å². The number of anilines is 2. The normalized spacial score (nSPS) is 10.7. The first kappa shape index (κ1) is 17.9. The highest BCUT2D eigenvalue weighted by Gasteiger charge is 2.09. The molecule has 0 atom stereocenters. The van der Waals surface area contributed by atoms with Crippen molar-refractivity contribution >= 4 is 11.6 Å². The third-order valence-electron chi connectivity index (χ3n) is 4.23. The van der Waals surface area contributed by atoms with Gasteiger partial charge in [-0.25, -0.2) is 4.98 Å². The highest BCUT2D eigenvalue weighted by molar-refractivity contribution is 5.57. The Morgan fingerprint density at radius 2 is 1.77 bits per heavy atom. The van der Waals surface area contributed by atoms with E-state index in [2.05, 4.69) is 15.3 Å². The number of aromatic nitrogens is 2. The number of rotatable bonds is 7. The predicted molar refractivity (Wildman–Crippen MR) is 104 cm³/mol. The number of aryl methyl sites for hydroxylation is 2. The molecule has 0 aliphatic heterocycles. The number of hydrogen-bond donors (Lipinski definition) is 2. The Morgan fingerprint density at radius 3 is 2.50 bits per heavy atom. The molecule has 134 valence electrons. The summed E-state index contributed by atoms with van der Waals surface area (Å²) in [6.07, 6.45) is 0.533. The molecular weight excluding hydrogens is 326 g/mol. The number of nitrogens with zero attached hydrogens (tertiary/aromatic N) is 1. The van der Waals surface area contributed by atoms with Crippen molar-refractivity contribution in [2.75, 3.05) is 11.9 Å². The van der Waals surface area contributed by atoms with E-state index >= 15 is 0 Å². The van der Waals surface area contributed by atoms with Gasteiger partial charge in [0.25, 0.3) is 5.56 Å². The van der Waals surface area contributed by atoms with E-state index in [1.54, 1.807) is 0 Å². The standard InChI is InChI=1S/C21H23N3O2/c1-15-8-6-7-11-19(15)23-21-22-16(2)18(20(25)24-21)12-13-26-14-17-9-4-3-5-10-17/h3-11H,12-14H2,1-2H3,(H2,22,23,24,25). The van der Waals surface area contributed by atoms with Crippen molar-refractivity contribution in [3.8, 4) is 0 Å². The molecule has 0 bridgehead atoms. The summed E-state index contributed by atoms with van der Waals surface area (Å²) < 4.78 is 5.68. The molecule has 2 aromatic carbocycles. The van der Waals surface area contributed by atoms with Crippen molar-refractivity contribution in [1.29, 1.82) is 0 Å². The summed E-state index contributed by atoms with van der Waals surface area (Å²) in [6, 6.07) is 17.9. The molecule has 0 spiro atoms. The summed E-state index contributed by atoms with van der Waals surface area (Å²) in [5.74, 6) is 0.454. The summed E-state index contributed by atoms with van der Waals surface area (Å²) in [4.78, 5) is 19.7. The maximum Gasteiger partial charge on any atom is 0.255 e. The molecule has 1 heterocycles. The van der Waals surface area contributed by atoms with Gasteiger partial charge in [0.1, 0.15) is 0 Å². The van der Waals surface area contributed by atoms with Gasteiger partial charge < -0.3 is 10.1 Å². The minimum Gasteiger partial charge on any atom is -0.376 e. The van der Waals surface area contributed by atoms with Gasteiger partial charge in [-0.2, -0.15) is 0 Å². The molecule has 0 aliphatic rings. The van der Waals surface area contributed by atoms with Crippen LogP contribution in [0.15, 0.2) is 59.4 Å². The zero-order chi connectivity index (χ0) is 18.4. The Hall–Kier alpha value is -2.92. The largest absolute Gasteiger partial charge is 0.376 e. The summed E-state index contributed by atoms with van der Waals surface area (Å²) in [6.45, 7) is 4.87. The zero-order valence-electron chi connectivity index (χ0n) is 15.1. The van der Waals surface area contributed by atoms with Crippen molar-refractivity contribution in [1.82, 2.24) is 9.97 Å². The van der Waals surface area contributed by atoms with E-state index in [1.165, 1.54) is 0 Å². The first-order chi connectivity index (χ1) is 12.6. The molecule has 0 aliphatic carbocycles. The van der Waals surface area contributed by atoms with Crippen LogP contribution in [0.25, 0.3) is 0 Å². The van der Waals surface area contributed by atoms with Gasteiger partial charge in [0.2, 0.25) is 5.95 Å². The van der Waals surface area contributed by atoms with Crippen molar-refractivity contribution in [2.45, 2.75) is 26.9 Å². The molecule has 5 nitrogen and oxygen atoms in total. The fraction of sp³-hybridized carbons (Fsp3) is 0.238. The van der Waals surface area contributed by atoms with Crippen molar-refractivity contribution < 1.29 is 4.74 Å². The van der Waals surface area contributed by atoms with Crippen LogP contribution in [0.5, 0.6) is 0 Å². The second-order valence-corrected chi connectivity index (χ2v) is 6.21. The van der Waals surface area contributed by atoms with Gasteiger partial charge in [-0.05, 0) is 31.0 Å². The van der Waals surface area contributed by atoms with Crippen molar-refractivity contribution in [3.63, 3.8) is 0 Å². The number of para-hydroxylation sites is 1. The summed E-state index contributed by atoms with van der Waals surface area (Å²) in [5.41, 5.74) is 4.38. The van der Waals surface area contributed by atoms with Gasteiger partial charge in [-0.1, -0.05) is 48.5 Å². The van der Waals surface area contributed by atoms with Crippen LogP contribution >= 0.6 is 0 Å². The molecule has 2 N–H and O–H groups in total. The summed E-state index contributed by atoms with van der Waals surface area (Å²) >= 11 is 0. The average Bonchev–Trinajstić information content (AvgIpc) is 2.63. The van der Waals surface area contributed by atoms with Crippen LogP contribution in [0, 0.1) is 13.8 Å². The van der Waals surface area contributed by atoms with Crippen LogP contribution < -0.4 is 10.9 Å². The number of nitrogens with one attached hydrogen (secondary N) is 2. The first-order valence-corrected chi connectivity index (χ1v) is 8.67. The Labute approximate surface area is 153 Å². The van der Waals surface area contributed by atoms with Crippen molar-refractivity contribution in [3.05, 3.63) is 87.3 Å². The molecule has 26 heavy (non-hydrogen) atoms. The van der Waals surface area contributed by atoms with Gasteiger partial charge in [0, 0.05) is 17.7 Å². The van der Waals surface area contributed by atoms with Crippen LogP contribution in [-0.4, -0.2) is 16.6 Å². The minimum absolute atomic E-state index is 0.128. The lowest BCUT2D eigenvalue weighted by Gasteiger charge is -2.11. The smallest absolute Gasteiger partial charge is 0.255 e. The number of hydrogen-bond acceptors (Lipinski definition) is 4. The maximum atomic E-state index is 12.4. The first-order valence-electron chi connectivity index (χ1n) is 8.67. The Bertz CT molecular complexity index is 920. The summed E-state index contributed by atoms with van der Waals surface area (Å²) in [5, 5.41) is 3.17. The Kier molecular flexibility index (Phi) is 5.81. The van der Waals surface area contributed by atoms with E-state index in [-0.39, 0.29) is 5.56 Å². The molecule has 0 saturated carbocycles. The third kappa shape index (κ3) is 4.58. The van der Waals surface area contributed by atoms with Crippen LogP contribution in [0.3, 0.4) is 0 Å². The van der Waals surface area contributed by atoms with Gasteiger partial charge in [0.05, 0.1) is 18.9 Å². The maximum absolute atomic E-state index is 12.4. The van der Waals surface area contributed by atoms with Gasteiger partial charge in [-0.3, -0.25) is 9.78 Å². The quantitative estimate of drug-likeness (QED) is 0.635. The second-order valence-electron chi connectivity index (χ2n) is 6.21. The molecule has 0 fully saturated rings. The second kappa shape index (κ2) is 8.45. The van der Waals surface area contributed by atoms with E-state index in [0.29, 0.717) is 36.8 Å².